The first-order valence-electron chi connectivity index (χ1n) is 9.27. The van der Waals surface area contributed by atoms with Crippen LogP contribution in [0.4, 0.5) is 10.5 Å². The molecule has 0 atom stereocenters. The monoisotopic (exact) mass is 405 g/mol. The number of hydrogen-bond donors (Lipinski definition) is 2. The van der Waals surface area contributed by atoms with Crippen LogP contribution in [-0.4, -0.2) is 26.5 Å². The van der Waals surface area contributed by atoms with Gasteiger partial charge in [0.25, 0.3) is 0 Å². The fourth-order valence-electron chi connectivity index (χ4n) is 2.69. The molecule has 0 radical (unpaired) electrons. The van der Waals surface area contributed by atoms with Crippen molar-refractivity contribution in [1.82, 2.24) is 5.43 Å². The quantitative estimate of drug-likeness (QED) is 0.429. The number of nitrogens with one attached hydrogen (secondary N) is 2. The number of nitrogens with zero attached hydrogens (tertiary/aromatic N) is 1. The number of anilines is 1. The number of ether oxygens (including phenoxy) is 3. The van der Waals surface area contributed by atoms with E-state index in [-0.39, 0.29) is 0 Å². The van der Waals surface area contributed by atoms with E-state index in [0.717, 1.165) is 5.56 Å². The minimum atomic E-state index is -0.445. The molecule has 0 aliphatic heterocycles. The minimum Gasteiger partial charge on any atom is -0.493 e. The number of rotatable bonds is 8. The van der Waals surface area contributed by atoms with Gasteiger partial charge in [-0.2, -0.15) is 5.10 Å². The average Bonchev–Trinajstić information content (AvgIpc) is 2.78. The molecule has 154 valence electrons. The SMILES string of the molecule is COc1cc(/C=N\NC(=O)Nc2ccccc2)cc(OC)c1OCc1ccccc1. The maximum atomic E-state index is 11.9. The smallest absolute Gasteiger partial charge is 0.339 e. The first-order valence-corrected chi connectivity index (χ1v) is 9.27. The van der Waals surface area contributed by atoms with Crippen molar-refractivity contribution in [3.63, 3.8) is 0 Å². The van der Waals surface area contributed by atoms with Crippen LogP contribution in [0.3, 0.4) is 0 Å². The molecule has 7 nitrogen and oxygen atoms in total. The summed E-state index contributed by atoms with van der Waals surface area (Å²) in [5.41, 5.74) is 4.80. The third-order valence-corrected chi connectivity index (χ3v) is 4.12. The Hall–Kier alpha value is -4.00. The van der Waals surface area contributed by atoms with E-state index in [2.05, 4.69) is 15.8 Å². The van der Waals surface area contributed by atoms with Gasteiger partial charge in [-0.05, 0) is 29.8 Å². The molecule has 3 rings (SSSR count). The van der Waals surface area contributed by atoms with Crippen LogP contribution in [0.15, 0.2) is 77.9 Å². The van der Waals surface area contributed by atoms with Crippen molar-refractivity contribution in [2.75, 3.05) is 19.5 Å². The number of hydrogen-bond acceptors (Lipinski definition) is 5. The topological polar surface area (TPSA) is 81.2 Å². The van der Waals surface area contributed by atoms with E-state index in [1.807, 2.05) is 48.5 Å². The lowest BCUT2D eigenvalue weighted by atomic mass is 10.2. The van der Waals surface area contributed by atoms with Gasteiger partial charge >= 0.3 is 6.03 Å². The highest BCUT2D eigenvalue weighted by atomic mass is 16.5. The number of benzene rings is 3. The number of carbonyl (C=O) groups is 1. The number of urea groups is 1. The number of para-hydroxylation sites is 1. The Balaban J connectivity index is 1.67. The second-order valence-corrected chi connectivity index (χ2v) is 6.22. The molecule has 30 heavy (non-hydrogen) atoms. The highest BCUT2D eigenvalue weighted by Gasteiger charge is 2.14. The molecule has 0 unspecified atom stereocenters. The zero-order valence-corrected chi connectivity index (χ0v) is 16.8. The number of carbonyl (C=O) groups excluding carboxylic acids is 1. The molecule has 7 heteroatoms. The molecule has 0 spiro atoms. The summed E-state index contributed by atoms with van der Waals surface area (Å²) in [6.45, 7) is 0.377. The van der Waals surface area contributed by atoms with Gasteiger partial charge in [0.2, 0.25) is 5.75 Å². The zero-order valence-electron chi connectivity index (χ0n) is 16.8. The van der Waals surface area contributed by atoms with E-state index in [1.54, 1.807) is 38.5 Å². The van der Waals surface area contributed by atoms with Gasteiger partial charge in [0.1, 0.15) is 6.61 Å². The Morgan fingerprint density at radius 1 is 0.933 bits per heavy atom. The molecule has 0 fully saturated rings. The van der Waals surface area contributed by atoms with E-state index >= 15 is 0 Å². The van der Waals surface area contributed by atoms with Crippen molar-refractivity contribution in [2.45, 2.75) is 6.61 Å². The molecule has 0 aromatic heterocycles. The third-order valence-electron chi connectivity index (χ3n) is 4.12. The van der Waals surface area contributed by atoms with Crippen molar-refractivity contribution >= 4 is 17.9 Å². The average molecular weight is 405 g/mol. The van der Waals surface area contributed by atoms with Crippen LogP contribution in [0.2, 0.25) is 0 Å². The molecule has 3 aromatic carbocycles. The van der Waals surface area contributed by atoms with E-state index in [1.165, 1.54) is 6.21 Å². The van der Waals surface area contributed by atoms with Crippen LogP contribution in [0.5, 0.6) is 17.2 Å². The Morgan fingerprint density at radius 3 is 2.13 bits per heavy atom. The Bertz CT molecular complexity index is 967. The van der Waals surface area contributed by atoms with E-state index in [9.17, 15) is 4.79 Å². The van der Waals surface area contributed by atoms with Crippen LogP contribution < -0.4 is 25.0 Å². The predicted molar refractivity (Wildman–Crippen MR) is 117 cm³/mol. The van der Waals surface area contributed by atoms with Gasteiger partial charge in [0, 0.05) is 11.3 Å². The second kappa shape index (κ2) is 10.5. The number of amides is 2. The third kappa shape index (κ3) is 5.75. The van der Waals surface area contributed by atoms with Crippen LogP contribution in [0, 0.1) is 0 Å². The van der Waals surface area contributed by atoms with E-state index in [0.29, 0.717) is 35.1 Å². The van der Waals surface area contributed by atoms with Crippen LogP contribution in [0.25, 0.3) is 0 Å². The standard InChI is InChI=1S/C23H23N3O4/c1-28-20-13-18(15-24-26-23(27)25-19-11-7-4-8-12-19)14-21(29-2)22(20)30-16-17-9-5-3-6-10-17/h3-15H,16H2,1-2H3,(H2,25,26,27)/b24-15-. The van der Waals surface area contributed by atoms with Gasteiger partial charge < -0.3 is 19.5 Å². The van der Waals surface area contributed by atoms with Crippen LogP contribution in [0.1, 0.15) is 11.1 Å². The Labute approximate surface area is 175 Å². The normalized spacial score (nSPS) is 10.5. The molecule has 2 amide bonds. The maximum absolute atomic E-state index is 11.9. The number of hydrazone groups is 1. The summed E-state index contributed by atoms with van der Waals surface area (Å²) < 4.78 is 16.8. The van der Waals surface area contributed by atoms with Gasteiger partial charge in [-0.25, -0.2) is 10.2 Å². The van der Waals surface area contributed by atoms with Crippen molar-refractivity contribution in [1.29, 1.82) is 0 Å². The zero-order chi connectivity index (χ0) is 21.2. The molecule has 3 aromatic rings. The van der Waals surface area contributed by atoms with E-state index < -0.39 is 6.03 Å². The summed E-state index contributed by atoms with van der Waals surface area (Å²) in [7, 11) is 3.10. The number of methoxy groups -OCH3 is 2. The second-order valence-electron chi connectivity index (χ2n) is 6.22. The molecule has 0 aliphatic rings. The molecular formula is C23H23N3O4. The lowest BCUT2D eigenvalue weighted by Crippen LogP contribution is -2.24. The Morgan fingerprint density at radius 2 is 1.53 bits per heavy atom. The highest BCUT2D eigenvalue weighted by Crippen LogP contribution is 2.38. The van der Waals surface area contributed by atoms with Crippen LogP contribution in [-0.2, 0) is 6.61 Å². The summed E-state index contributed by atoms with van der Waals surface area (Å²) >= 11 is 0. The van der Waals surface area contributed by atoms with Crippen molar-refractivity contribution in [2.24, 2.45) is 5.10 Å². The predicted octanol–water partition coefficient (Wildman–Crippen LogP) is 4.44. The molecule has 0 saturated heterocycles. The maximum Gasteiger partial charge on any atom is 0.339 e. The van der Waals surface area contributed by atoms with Crippen molar-refractivity contribution < 1.29 is 19.0 Å². The first-order chi connectivity index (χ1) is 14.7. The summed E-state index contributed by atoms with van der Waals surface area (Å²) in [6, 6.07) is 22.0. The molecule has 0 heterocycles. The summed E-state index contributed by atoms with van der Waals surface area (Å²) in [6.07, 6.45) is 1.50. The lowest BCUT2D eigenvalue weighted by Gasteiger charge is -2.15. The van der Waals surface area contributed by atoms with Gasteiger partial charge in [-0.3, -0.25) is 0 Å². The Kier molecular flexibility index (Phi) is 7.27. The minimum absolute atomic E-state index is 0.377. The highest BCUT2D eigenvalue weighted by molar-refractivity contribution is 5.90. The molecular weight excluding hydrogens is 382 g/mol. The first kappa shape index (κ1) is 20.7. The fourth-order valence-corrected chi connectivity index (χ4v) is 2.69. The molecule has 0 aliphatic carbocycles. The largest absolute Gasteiger partial charge is 0.493 e. The summed E-state index contributed by atoms with van der Waals surface area (Å²) in [4.78, 5) is 11.9. The van der Waals surface area contributed by atoms with Gasteiger partial charge in [0.15, 0.2) is 11.5 Å². The van der Waals surface area contributed by atoms with Crippen molar-refractivity contribution in [3.8, 4) is 17.2 Å². The van der Waals surface area contributed by atoms with Gasteiger partial charge in [-0.1, -0.05) is 48.5 Å². The molecule has 0 bridgehead atoms. The lowest BCUT2D eigenvalue weighted by molar-refractivity contribution is 0.252. The summed E-state index contributed by atoms with van der Waals surface area (Å²) in [5, 5.41) is 6.65. The molecule has 0 saturated carbocycles. The van der Waals surface area contributed by atoms with Gasteiger partial charge in [-0.15, -0.1) is 0 Å². The van der Waals surface area contributed by atoms with Crippen molar-refractivity contribution in [3.05, 3.63) is 83.9 Å². The fraction of sp³-hybridized carbons (Fsp3) is 0.130. The summed E-state index contributed by atoms with van der Waals surface area (Å²) in [5.74, 6) is 1.50. The van der Waals surface area contributed by atoms with Crippen LogP contribution >= 0.6 is 0 Å². The van der Waals surface area contributed by atoms with E-state index in [4.69, 9.17) is 14.2 Å². The molecule has 2 N–H and O–H groups in total. The van der Waals surface area contributed by atoms with Gasteiger partial charge in [0.05, 0.1) is 20.4 Å².